The summed E-state index contributed by atoms with van der Waals surface area (Å²) < 4.78 is 0. The fourth-order valence-electron chi connectivity index (χ4n) is 3.72. The third kappa shape index (κ3) is 4.39. The molecule has 1 aliphatic rings. The number of hydrogen-bond acceptors (Lipinski definition) is 6. The number of piperidine rings is 1. The van der Waals surface area contributed by atoms with E-state index in [9.17, 15) is 4.79 Å². The summed E-state index contributed by atoms with van der Waals surface area (Å²) in [5.74, 6) is 1.64. The molecule has 1 saturated heterocycles. The van der Waals surface area contributed by atoms with Crippen LogP contribution in [0.2, 0.25) is 0 Å². The second-order valence-corrected chi connectivity index (χ2v) is 7.40. The van der Waals surface area contributed by atoms with Gasteiger partial charge in [0.2, 0.25) is 5.91 Å². The maximum Gasteiger partial charge on any atom is 0.219 e. The van der Waals surface area contributed by atoms with Crippen LogP contribution in [0.1, 0.15) is 38.4 Å². The van der Waals surface area contributed by atoms with Crippen LogP contribution in [0.15, 0.2) is 55.1 Å². The van der Waals surface area contributed by atoms with Gasteiger partial charge in [-0.25, -0.2) is 9.97 Å². The maximum absolute atomic E-state index is 12.0. The minimum Gasteiger partial charge on any atom is -0.340 e. The summed E-state index contributed by atoms with van der Waals surface area (Å²) in [6.45, 7) is 4.36. The Morgan fingerprint density at radius 3 is 2.59 bits per heavy atom. The van der Waals surface area contributed by atoms with Crippen molar-refractivity contribution in [3.63, 3.8) is 0 Å². The monoisotopic (exact) mass is 388 g/mol. The van der Waals surface area contributed by atoms with E-state index >= 15 is 0 Å². The van der Waals surface area contributed by atoms with Gasteiger partial charge in [0.15, 0.2) is 0 Å². The first-order chi connectivity index (χ1) is 14.1. The molecule has 1 aliphatic heterocycles. The van der Waals surface area contributed by atoms with Crippen LogP contribution in [0.25, 0.3) is 11.3 Å². The highest BCUT2D eigenvalue weighted by Crippen LogP contribution is 2.31. The Morgan fingerprint density at radius 2 is 1.90 bits per heavy atom. The highest BCUT2D eigenvalue weighted by atomic mass is 16.2. The van der Waals surface area contributed by atoms with Gasteiger partial charge in [-0.2, -0.15) is 0 Å². The normalized spacial score (nSPS) is 19.0. The second-order valence-electron chi connectivity index (χ2n) is 7.40. The molecule has 4 rings (SSSR count). The van der Waals surface area contributed by atoms with Gasteiger partial charge < -0.3 is 10.2 Å². The lowest BCUT2D eigenvalue weighted by Gasteiger charge is -2.37. The average Bonchev–Trinajstić information content (AvgIpc) is 2.75. The summed E-state index contributed by atoms with van der Waals surface area (Å²) in [5.41, 5.74) is 2.59. The summed E-state index contributed by atoms with van der Waals surface area (Å²) in [6.07, 6.45) is 8.92. The van der Waals surface area contributed by atoms with Crippen LogP contribution in [0, 0.1) is 0 Å². The molecule has 0 aromatic carbocycles. The topological polar surface area (TPSA) is 83.9 Å². The van der Waals surface area contributed by atoms with Gasteiger partial charge in [0.05, 0.1) is 17.6 Å². The van der Waals surface area contributed by atoms with Gasteiger partial charge >= 0.3 is 0 Å². The SMILES string of the molecule is CC(=O)N1C[C@H](c2nc(Nc3cccnc3)cc(-c3cccnc3)n2)CC[C@@H]1C. The van der Waals surface area contributed by atoms with Gasteiger partial charge in [0.25, 0.3) is 0 Å². The Labute approximate surface area is 170 Å². The van der Waals surface area contributed by atoms with Gasteiger partial charge in [-0.3, -0.25) is 14.8 Å². The van der Waals surface area contributed by atoms with E-state index in [-0.39, 0.29) is 17.9 Å². The first-order valence-corrected chi connectivity index (χ1v) is 9.84. The number of pyridine rings is 2. The van der Waals surface area contributed by atoms with Crippen LogP contribution in [-0.4, -0.2) is 43.3 Å². The minimum absolute atomic E-state index is 0.0966. The molecular formula is C22H24N6O. The van der Waals surface area contributed by atoms with E-state index in [1.165, 1.54) is 0 Å². The first kappa shape index (κ1) is 19.0. The van der Waals surface area contributed by atoms with Crippen molar-refractivity contribution in [1.29, 1.82) is 0 Å². The van der Waals surface area contributed by atoms with Crippen LogP contribution < -0.4 is 5.32 Å². The van der Waals surface area contributed by atoms with E-state index in [0.717, 1.165) is 35.6 Å². The van der Waals surface area contributed by atoms with E-state index in [4.69, 9.17) is 9.97 Å². The van der Waals surface area contributed by atoms with Crippen molar-refractivity contribution in [3.05, 3.63) is 60.9 Å². The van der Waals surface area contributed by atoms with Crippen molar-refractivity contribution in [3.8, 4) is 11.3 Å². The largest absolute Gasteiger partial charge is 0.340 e. The Bertz CT molecular complexity index is 979. The molecule has 148 valence electrons. The molecule has 1 N–H and O–H groups in total. The van der Waals surface area contributed by atoms with Crippen LogP contribution in [0.5, 0.6) is 0 Å². The molecule has 0 unspecified atom stereocenters. The summed E-state index contributed by atoms with van der Waals surface area (Å²) >= 11 is 0. The number of amides is 1. The molecule has 0 spiro atoms. The fourth-order valence-corrected chi connectivity index (χ4v) is 3.72. The summed E-state index contributed by atoms with van der Waals surface area (Å²) in [4.78, 5) is 32.0. The zero-order valence-corrected chi connectivity index (χ0v) is 16.6. The molecule has 0 radical (unpaired) electrons. The van der Waals surface area contributed by atoms with E-state index in [1.807, 2.05) is 35.2 Å². The Hall–Kier alpha value is -3.35. The predicted molar refractivity (Wildman–Crippen MR) is 112 cm³/mol. The molecule has 1 fully saturated rings. The minimum atomic E-state index is 0.0966. The summed E-state index contributed by atoms with van der Waals surface area (Å²) in [5, 5.41) is 3.32. The third-order valence-electron chi connectivity index (χ3n) is 5.29. The van der Waals surface area contributed by atoms with Crippen molar-refractivity contribution < 1.29 is 4.79 Å². The molecule has 3 aromatic rings. The Morgan fingerprint density at radius 1 is 1.10 bits per heavy atom. The zero-order valence-electron chi connectivity index (χ0n) is 16.6. The van der Waals surface area contributed by atoms with Gasteiger partial charge in [0.1, 0.15) is 11.6 Å². The molecule has 3 aromatic heterocycles. The van der Waals surface area contributed by atoms with Crippen molar-refractivity contribution in [2.75, 3.05) is 11.9 Å². The summed E-state index contributed by atoms with van der Waals surface area (Å²) in [7, 11) is 0. The highest BCUT2D eigenvalue weighted by Gasteiger charge is 2.30. The second kappa shape index (κ2) is 8.34. The van der Waals surface area contributed by atoms with Crippen LogP contribution in [0.3, 0.4) is 0 Å². The quantitative estimate of drug-likeness (QED) is 0.732. The smallest absolute Gasteiger partial charge is 0.219 e. The summed E-state index contributed by atoms with van der Waals surface area (Å²) in [6, 6.07) is 9.86. The van der Waals surface area contributed by atoms with Crippen LogP contribution in [-0.2, 0) is 4.79 Å². The third-order valence-corrected chi connectivity index (χ3v) is 5.29. The number of aromatic nitrogens is 4. The van der Waals surface area contributed by atoms with Gasteiger partial charge in [-0.05, 0) is 44.0 Å². The van der Waals surface area contributed by atoms with E-state index in [1.54, 1.807) is 31.7 Å². The van der Waals surface area contributed by atoms with Gasteiger partial charge in [0, 0.05) is 55.6 Å². The molecule has 7 nitrogen and oxygen atoms in total. The lowest BCUT2D eigenvalue weighted by molar-refractivity contribution is -0.132. The standard InChI is InChI=1S/C22H24N6O/c1-15-7-8-18(14-28(15)16(2)29)22-26-20(17-5-3-9-23-12-17)11-21(27-22)25-19-6-4-10-24-13-19/h3-6,9-13,15,18H,7-8,14H2,1-2H3,(H,25,26,27)/t15-,18+/m0/s1. The number of nitrogens with zero attached hydrogens (tertiary/aromatic N) is 5. The molecule has 0 bridgehead atoms. The molecule has 7 heteroatoms. The maximum atomic E-state index is 12.0. The van der Waals surface area contributed by atoms with Crippen LogP contribution >= 0.6 is 0 Å². The lowest BCUT2D eigenvalue weighted by atomic mass is 9.92. The molecule has 2 atom stereocenters. The molecule has 29 heavy (non-hydrogen) atoms. The number of rotatable bonds is 4. The average molecular weight is 388 g/mol. The fraction of sp³-hybridized carbons (Fsp3) is 0.318. The zero-order chi connectivity index (χ0) is 20.2. The van der Waals surface area contributed by atoms with Crippen molar-refractivity contribution >= 4 is 17.4 Å². The van der Waals surface area contributed by atoms with Crippen molar-refractivity contribution in [1.82, 2.24) is 24.8 Å². The Kier molecular flexibility index (Phi) is 5.46. The number of anilines is 2. The van der Waals surface area contributed by atoms with Crippen molar-refractivity contribution in [2.24, 2.45) is 0 Å². The Balaban J connectivity index is 1.70. The highest BCUT2D eigenvalue weighted by molar-refractivity contribution is 5.73. The molecule has 4 heterocycles. The van der Waals surface area contributed by atoms with Crippen molar-refractivity contribution in [2.45, 2.75) is 38.6 Å². The number of carbonyl (C=O) groups excluding carboxylic acids is 1. The molecule has 1 amide bonds. The van der Waals surface area contributed by atoms with Gasteiger partial charge in [-0.15, -0.1) is 0 Å². The number of hydrogen-bond donors (Lipinski definition) is 1. The van der Waals surface area contributed by atoms with E-state index < -0.39 is 0 Å². The molecule has 0 saturated carbocycles. The van der Waals surface area contributed by atoms with Crippen LogP contribution in [0.4, 0.5) is 11.5 Å². The number of carbonyl (C=O) groups is 1. The van der Waals surface area contributed by atoms with E-state index in [0.29, 0.717) is 12.4 Å². The predicted octanol–water partition coefficient (Wildman–Crippen LogP) is 3.79. The lowest BCUT2D eigenvalue weighted by Crippen LogP contribution is -2.44. The number of nitrogens with one attached hydrogen (secondary N) is 1. The molecule has 0 aliphatic carbocycles. The number of likely N-dealkylation sites (tertiary alicyclic amines) is 1. The van der Waals surface area contributed by atoms with Gasteiger partial charge in [-0.1, -0.05) is 0 Å². The first-order valence-electron chi connectivity index (χ1n) is 9.84. The molecular weight excluding hydrogens is 364 g/mol. The van der Waals surface area contributed by atoms with E-state index in [2.05, 4.69) is 22.2 Å².